The van der Waals surface area contributed by atoms with E-state index in [2.05, 4.69) is 5.32 Å². The van der Waals surface area contributed by atoms with Crippen LogP contribution in [0.15, 0.2) is 29.2 Å². The van der Waals surface area contributed by atoms with E-state index in [1.807, 2.05) is 12.1 Å². The topological polar surface area (TPSA) is 49.4 Å². The van der Waals surface area contributed by atoms with Crippen molar-refractivity contribution in [1.82, 2.24) is 4.31 Å². The van der Waals surface area contributed by atoms with Crippen LogP contribution >= 0.6 is 0 Å². The van der Waals surface area contributed by atoms with E-state index in [0.717, 1.165) is 18.5 Å². The van der Waals surface area contributed by atoms with Gasteiger partial charge in [-0.1, -0.05) is 44.2 Å². The molecule has 0 spiro atoms. The Morgan fingerprint density at radius 3 is 2.19 bits per heavy atom. The fourth-order valence-corrected chi connectivity index (χ4v) is 3.88. The van der Waals surface area contributed by atoms with Crippen LogP contribution in [0, 0.1) is 0 Å². The van der Waals surface area contributed by atoms with Gasteiger partial charge in [-0.25, -0.2) is 12.7 Å². The standard InChI is InChI=1S/C16H26N2O2S/c1-18(2)21(19,20)16-13-9-8-12-15(16)17-14-10-6-4-3-5-7-11-14/h8-9,12-14,17H,3-7,10-11H2,1-2H3. The van der Waals surface area contributed by atoms with Gasteiger partial charge in [0.05, 0.1) is 5.69 Å². The molecule has 1 aliphatic rings. The van der Waals surface area contributed by atoms with Crippen LogP contribution in [-0.4, -0.2) is 32.9 Å². The zero-order valence-electron chi connectivity index (χ0n) is 13.0. The van der Waals surface area contributed by atoms with Crippen LogP contribution in [0.4, 0.5) is 5.69 Å². The summed E-state index contributed by atoms with van der Waals surface area (Å²) < 4.78 is 26.1. The summed E-state index contributed by atoms with van der Waals surface area (Å²) in [5.41, 5.74) is 0.733. The molecule has 0 bridgehead atoms. The Morgan fingerprint density at radius 1 is 1.00 bits per heavy atom. The molecule has 0 heterocycles. The van der Waals surface area contributed by atoms with Crippen LogP contribution in [0.5, 0.6) is 0 Å². The Balaban J connectivity index is 2.20. The van der Waals surface area contributed by atoms with Gasteiger partial charge in [0.2, 0.25) is 10.0 Å². The smallest absolute Gasteiger partial charge is 0.244 e. The number of anilines is 1. The molecule has 0 radical (unpaired) electrons. The normalized spacial score (nSPS) is 18.2. The van der Waals surface area contributed by atoms with Gasteiger partial charge in [0.15, 0.2) is 0 Å². The van der Waals surface area contributed by atoms with Gasteiger partial charge < -0.3 is 5.32 Å². The fraction of sp³-hybridized carbons (Fsp3) is 0.625. The SMILES string of the molecule is CN(C)S(=O)(=O)c1ccccc1NC1CCCCCCC1. The Morgan fingerprint density at radius 2 is 1.57 bits per heavy atom. The van der Waals surface area contributed by atoms with Gasteiger partial charge in [-0.05, 0) is 25.0 Å². The van der Waals surface area contributed by atoms with Crippen molar-refractivity contribution in [1.29, 1.82) is 0 Å². The highest BCUT2D eigenvalue weighted by Gasteiger charge is 2.22. The molecule has 118 valence electrons. The highest BCUT2D eigenvalue weighted by molar-refractivity contribution is 7.89. The number of para-hydroxylation sites is 1. The molecule has 0 unspecified atom stereocenters. The van der Waals surface area contributed by atoms with Crippen molar-refractivity contribution in [2.24, 2.45) is 0 Å². The number of hydrogen-bond acceptors (Lipinski definition) is 3. The third-order valence-electron chi connectivity index (χ3n) is 4.11. The molecule has 0 aliphatic heterocycles. The Kier molecular flexibility index (Phi) is 5.65. The van der Waals surface area contributed by atoms with Crippen molar-refractivity contribution in [2.75, 3.05) is 19.4 Å². The lowest BCUT2D eigenvalue weighted by Gasteiger charge is -2.24. The molecule has 21 heavy (non-hydrogen) atoms. The maximum absolute atomic E-state index is 12.4. The lowest BCUT2D eigenvalue weighted by atomic mass is 9.96. The molecule has 1 aromatic carbocycles. The van der Waals surface area contributed by atoms with E-state index in [1.54, 1.807) is 26.2 Å². The van der Waals surface area contributed by atoms with Crippen LogP contribution in [0.3, 0.4) is 0 Å². The van der Waals surface area contributed by atoms with Crippen LogP contribution in [-0.2, 0) is 10.0 Å². The first-order valence-corrected chi connectivity index (χ1v) is 9.24. The van der Waals surface area contributed by atoms with E-state index in [0.29, 0.717) is 10.9 Å². The molecule has 1 aromatic rings. The van der Waals surface area contributed by atoms with E-state index >= 15 is 0 Å². The molecule has 1 N–H and O–H groups in total. The van der Waals surface area contributed by atoms with E-state index in [9.17, 15) is 8.42 Å². The number of hydrogen-bond donors (Lipinski definition) is 1. The van der Waals surface area contributed by atoms with Crippen molar-refractivity contribution in [2.45, 2.75) is 55.9 Å². The molecule has 2 rings (SSSR count). The van der Waals surface area contributed by atoms with Crippen molar-refractivity contribution >= 4 is 15.7 Å². The maximum Gasteiger partial charge on any atom is 0.244 e. The van der Waals surface area contributed by atoms with Crippen LogP contribution in [0.25, 0.3) is 0 Å². The number of sulfonamides is 1. The molecule has 5 heteroatoms. The van der Waals surface area contributed by atoms with Gasteiger partial charge in [0, 0.05) is 20.1 Å². The highest BCUT2D eigenvalue weighted by Crippen LogP contribution is 2.26. The Labute approximate surface area is 128 Å². The van der Waals surface area contributed by atoms with Crippen LogP contribution in [0.2, 0.25) is 0 Å². The minimum absolute atomic E-state index is 0.372. The first kappa shape index (κ1) is 16.3. The zero-order valence-corrected chi connectivity index (χ0v) is 13.8. The predicted octanol–water partition coefficient (Wildman–Crippen LogP) is 3.46. The van der Waals surface area contributed by atoms with Gasteiger partial charge in [-0.3, -0.25) is 0 Å². The number of nitrogens with zero attached hydrogens (tertiary/aromatic N) is 1. The maximum atomic E-state index is 12.4. The van der Waals surface area contributed by atoms with Gasteiger partial charge in [-0.15, -0.1) is 0 Å². The van der Waals surface area contributed by atoms with Crippen LogP contribution < -0.4 is 5.32 Å². The molecule has 1 fully saturated rings. The minimum Gasteiger partial charge on any atom is -0.381 e. The van der Waals surface area contributed by atoms with Crippen LogP contribution in [0.1, 0.15) is 44.9 Å². The summed E-state index contributed by atoms with van der Waals surface area (Å²) in [7, 11) is -0.261. The predicted molar refractivity (Wildman–Crippen MR) is 87.0 cm³/mol. The van der Waals surface area contributed by atoms with E-state index in [1.165, 1.54) is 36.4 Å². The number of benzene rings is 1. The second-order valence-corrected chi connectivity index (χ2v) is 8.09. The lowest BCUT2D eigenvalue weighted by Crippen LogP contribution is -2.26. The average molecular weight is 310 g/mol. The van der Waals surface area contributed by atoms with E-state index < -0.39 is 10.0 Å². The second kappa shape index (κ2) is 7.27. The largest absolute Gasteiger partial charge is 0.381 e. The van der Waals surface area contributed by atoms with Gasteiger partial charge >= 0.3 is 0 Å². The van der Waals surface area contributed by atoms with Crippen molar-refractivity contribution in [3.05, 3.63) is 24.3 Å². The first-order chi connectivity index (χ1) is 10.0. The Hall–Kier alpha value is -1.07. The molecule has 1 aliphatic carbocycles. The third-order valence-corrected chi connectivity index (χ3v) is 5.98. The molecular weight excluding hydrogens is 284 g/mol. The van der Waals surface area contributed by atoms with Crippen molar-refractivity contribution in [3.8, 4) is 0 Å². The zero-order chi connectivity index (χ0) is 15.3. The summed E-state index contributed by atoms with van der Waals surface area (Å²) in [6.07, 6.45) is 8.59. The quantitative estimate of drug-likeness (QED) is 0.926. The summed E-state index contributed by atoms with van der Waals surface area (Å²) in [4.78, 5) is 0.372. The van der Waals surface area contributed by atoms with Crippen molar-refractivity contribution < 1.29 is 8.42 Å². The molecule has 0 amide bonds. The van der Waals surface area contributed by atoms with Gasteiger partial charge in [0.25, 0.3) is 0 Å². The number of rotatable bonds is 4. The molecule has 0 aromatic heterocycles. The average Bonchev–Trinajstić information content (AvgIpc) is 2.42. The summed E-state index contributed by atoms with van der Waals surface area (Å²) in [5.74, 6) is 0. The van der Waals surface area contributed by atoms with E-state index in [-0.39, 0.29) is 0 Å². The Bertz CT molecular complexity index is 547. The summed E-state index contributed by atoms with van der Waals surface area (Å²) >= 11 is 0. The highest BCUT2D eigenvalue weighted by atomic mass is 32.2. The van der Waals surface area contributed by atoms with E-state index in [4.69, 9.17) is 0 Å². The second-order valence-electron chi connectivity index (χ2n) is 5.97. The summed E-state index contributed by atoms with van der Waals surface area (Å²) in [5, 5.41) is 3.47. The minimum atomic E-state index is -3.40. The fourth-order valence-electron chi connectivity index (χ4n) is 2.83. The van der Waals surface area contributed by atoms with Gasteiger partial charge in [-0.2, -0.15) is 0 Å². The van der Waals surface area contributed by atoms with Gasteiger partial charge in [0.1, 0.15) is 4.90 Å². The molecule has 1 saturated carbocycles. The molecule has 4 nitrogen and oxygen atoms in total. The number of nitrogens with one attached hydrogen (secondary N) is 1. The van der Waals surface area contributed by atoms with Crippen molar-refractivity contribution in [3.63, 3.8) is 0 Å². The molecular formula is C16H26N2O2S. The monoisotopic (exact) mass is 310 g/mol. The lowest BCUT2D eigenvalue weighted by molar-refractivity contribution is 0.470. The third kappa shape index (κ3) is 4.20. The first-order valence-electron chi connectivity index (χ1n) is 7.80. The molecule has 0 saturated heterocycles. The summed E-state index contributed by atoms with van der Waals surface area (Å²) in [6.45, 7) is 0. The summed E-state index contributed by atoms with van der Waals surface area (Å²) in [6, 6.07) is 7.60. The molecule has 0 atom stereocenters.